The Balaban J connectivity index is 4.12. The van der Waals surface area contributed by atoms with Crippen LogP contribution < -0.4 is 0 Å². The van der Waals surface area contributed by atoms with E-state index in [1.807, 2.05) is 13.8 Å². The van der Waals surface area contributed by atoms with E-state index in [-0.39, 0.29) is 37.2 Å². The molecule has 0 saturated carbocycles. The molecule has 0 fully saturated rings. The molecule has 0 spiro atoms. The van der Waals surface area contributed by atoms with Gasteiger partial charge in [0, 0.05) is 32.1 Å². The van der Waals surface area contributed by atoms with Gasteiger partial charge in [0.15, 0.2) is 0 Å². The Labute approximate surface area is 143 Å². The van der Waals surface area contributed by atoms with Crippen LogP contribution in [0.25, 0.3) is 0 Å². The molecule has 0 unspecified atom stereocenters. The van der Waals surface area contributed by atoms with Gasteiger partial charge in [-0.1, -0.05) is 13.8 Å². The quantitative estimate of drug-likeness (QED) is 0.496. The number of hydrogen-bond acceptors (Lipinski definition) is 4. The molecule has 6 heteroatoms. The van der Waals surface area contributed by atoms with Gasteiger partial charge in [-0.2, -0.15) is 0 Å². The van der Waals surface area contributed by atoms with Gasteiger partial charge >= 0.3 is 11.9 Å². The van der Waals surface area contributed by atoms with Crippen molar-refractivity contribution in [2.45, 2.75) is 79.1 Å². The minimum atomic E-state index is -0.937. The second-order valence-corrected chi connectivity index (χ2v) is 7.49. The molecule has 0 aromatic heterocycles. The van der Waals surface area contributed by atoms with Crippen molar-refractivity contribution < 1.29 is 29.4 Å². The molecule has 0 aromatic carbocycles. The highest BCUT2D eigenvalue weighted by molar-refractivity contribution is 5.86. The maximum Gasteiger partial charge on any atom is 0.309 e. The molecular formula is C18H30O6. The molecule has 0 aliphatic heterocycles. The molecule has 0 aliphatic carbocycles. The third kappa shape index (κ3) is 7.70. The van der Waals surface area contributed by atoms with Crippen LogP contribution in [-0.4, -0.2) is 33.7 Å². The lowest BCUT2D eigenvalue weighted by Gasteiger charge is -2.38. The monoisotopic (exact) mass is 342 g/mol. The van der Waals surface area contributed by atoms with Crippen LogP contribution in [0.15, 0.2) is 0 Å². The first-order chi connectivity index (χ1) is 10.9. The second kappa shape index (κ2) is 9.55. The summed E-state index contributed by atoms with van der Waals surface area (Å²) in [5.74, 6) is -1.83. The number of rotatable bonds is 13. The van der Waals surface area contributed by atoms with Gasteiger partial charge in [0.05, 0.1) is 5.41 Å². The number of carbonyl (C=O) groups is 4. The number of unbranched alkanes of at least 4 members (excludes halogenated alkanes) is 1. The van der Waals surface area contributed by atoms with E-state index in [1.165, 1.54) is 0 Å². The zero-order valence-electron chi connectivity index (χ0n) is 15.2. The van der Waals surface area contributed by atoms with E-state index in [0.717, 1.165) is 0 Å². The lowest BCUT2D eigenvalue weighted by molar-refractivity contribution is -0.154. The highest BCUT2D eigenvalue weighted by Gasteiger charge is 2.43. The lowest BCUT2D eigenvalue weighted by Crippen LogP contribution is -2.39. The van der Waals surface area contributed by atoms with Gasteiger partial charge in [-0.3, -0.25) is 19.2 Å². The Bertz CT molecular complexity index is 476. The summed E-state index contributed by atoms with van der Waals surface area (Å²) in [5.41, 5.74) is -1.47. The van der Waals surface area contributed by atoms with Gasteiger partial charge < -0.3 is 10.2 Å². The Hall–Kier alpha value is -1.72. The maximum atomic E-state index is 11.9. The Kier molecular flexibility index (Phi) is 8.86. The topological polar surface area (TPSA) is 109 Å². The van der Waals surface area contributed by atoms with E-state index in [2.05, 4.69) is 0 Å². The number of carboxylic acids is 2. The summed E-state index contributed by atoms with van der Waals surface area (Å²) >= 11 is 0. The van der Waals surface area contributed by atoms with E-state index in [4.69, 9.17) is 5.11 Å². The summed E-state index contributed by atoms with van der Waals surface area (Å²) < 4.78 is 0. The SMILES string of the molecule is CC(C)(CCC(=O)CCC(=O)CCCCC(=O)O)C(C)(C)C(=O)O. The molecule has 0 atom stereocenters. The molecule has 2 N–H and O–H groups in total. The molecule has 0 aromatic rings. The Morgan fingerprint density at radius 1 is 0.708 bits per heavy atom. The summed E-state index contributed by atoms with van der Waals surface area (Å²) in [6.45, 7) is 6.98. The molecule has 0 radical (unpaired) electrons. The van der Waals surface area contributed by atoms with Gasteiger partial charge in [0.25, 0.3) is 0 Å². The minimum Gasteiger partial charge on any atom is -0.481 e. The molecule has 6 nitrogen and oxygen atoms in total. The largest absolute Gasteiger partial charge is 0.481 e. The van der Waals surface area contributed by atoms with Crippen molar-refractivity contribution in [2.75, 3.05) is 0 Å². The predicted octanol–water partition coefficient (Wildman–Crippen LogP) is 3.47. The van der Waals surface area contributed by atoms with Crippen LogP contribution in [0.3, 0.4) is 0 Å². The molecule has 0 saturated heterocycles. The first kappa shape index (κ1) is 22.3. The number of Topliss-reactive ketones (excluding diaryl/α,β-unsaturated/α-hetero) is 2. The number of carboxylic acid groups (broad SMARTS) is 2. The molecule has 0 amide bonds. The van der Waals surface area contributed by atoms with Gasteiger partial charge in [0.1, 0.15) is 11.6 Å². The van der Waals surface area contributed by atoms with Crippen LogP contribution in [0.1, 0.15) is 79.1 Å². The number of hydrogen-bond donors (Lipinski definition) is 2. The molecule has 24 heavy (non-hydrogen) atoms. The first-order valence-corrected chi connectivity index (χ1v) is 8.39. The van der Waals surface area contributed by atoms with E-state index >= 15 is 0 Å². The summed E-state index contributed by atoms with van der Waals surface area (Å²) in [6, 6.07) is 0. The average molecular weight is 342 g/mol. The van der Waals surface area contributed by atoms with Gasteiger partial charge in [-0.15, -0.1) is 0 Å². The fourth-order valence-corrected chi connectivity index (χ4v) is 2.18. The van der Waals surface area contributed by atoms with Crippen molar-refractivity contribution in [1.82, 2.24) is 0 Å². The van der Waals surface area contributed by atoms with Crippen LogP contribution in [0.4, 0.5) is 0 Å². The Morgan fingerprint density at radius 3 is 1.62 bits per heavy atom. The third-order valence-corrected chi connectivity index (χ3v) is 5.03. The number of aliphatic carboxylic acids is 2. The molecule has 138 valence electrons. The van der Waals surface area contributed by atoms with Gasteiger partial charge in [-0.05, 0) is 38.5 Å². The standard InChI is InChI=1S/C18H30O6/c1-17(2,18(3,4)16(23)24)12-11-14(20)10-9-13(19)7-5-6-8-15(21)22/h5-12H2,1-4H3,(H,21,22)(H,23,24). The van der Waals surface area contributed by atoms with Crippen LogP contribution in [-0.2, 0) is 19.2 Å². The summed E-state index contributed by atoms with van der Waals surface area (Å²) in [7, 11) is 0. The van der Waals surface area contributed by atoms with Crippen molar-refractivity contribution in [3.05, 3.63) is 0 Å². The van der Waals surface area contributed by atoms with Crippen LogP contribution in [0, 0.1) is 10.8 Å². The van der Waals surface area contributed by atoms with E-state index in [0.29, 0.717) is 25.7 Å². The molecule has 0 rings (SSSR count). The van der Waals surface area contributed by atoms with Gasteiger partial charge in [0.2, 0.25) is 0 Å². The van der Waals surface area contributed by atoms with Crippen LogP contribution in [0.2, 0.25) is 0 Å². The van der Waals surface area contributed by atoms with Gasteiger partial charge in [-0.25, -0.2) is 0 Å². The molecule has 0 bridgehead atoms. The predicted molar refractivity (Wildman–Crippen MR) is 89.8 cm³/mol. The normalized spacial score (nSPS) is 12.0. The second-order valence-electron chi connectivity index (χ2n) is 7.49. The maximum absolute atomic E-state index is 11.9. The summed E-state index contributed by atoms with van der Waals surface area (Å²) in [5, 5.41) is 17.8. The lowest BCUT2D eigenvalue weighted by atomic mass is 9.65. The first-order valence-electron chi connectivity index (χ1n) is 8.39. The zero-order valence-corrected chi connectivity index (χ0v) is 15.2. The fourth-order valence-electron chi connectivity index (χ4n) is 2.18. The fraction of sp³-hybridized carbons (Fsp3) is 0.778. The van der Waals surface area contributed by atoms with Crippen molar-refractivity contribution in [2.24, 2.45) is 10.8 Å². The van der Waals surface area contributed by atoms with Crippen LogP contribution in [0.5, 0.6) is 0 Å². The van der Waals surface area contributed by atoms with E-state index in [9.17, 15) is 24.3 Å². The Morgan fingerprint density at radius 2 is 1.17 bits per heavy atom. The number of carbonyl (C=O) groups excluding carboxylic acids is 2. The van der Waals surface area contributed by atoms with E-state index in [1.54, 1.807) is 13.8 Å². The third-order valence-electron chi connectivity index (χ3n) is 5.03. The molecular weight excluding hydrogens is 312 g/mol. The highest BCUT2D eigenvalue weighted by atomic mass is 16.4. The van der Waals surface area contributed by atoms with Crippen molar-refractivity contribution in [3.8, 4) is 0 Å². The molecule has 0 heterocycles. The minimum absolute atomic E-state index is 0.0288. The van der Waals surface area contributed by atoms with Crippen molar-refractivity contribution in [3.63, 3.8) is 0 Å². The summed E-state index contributed by atoms with van der Waals surface area (Å²) in [6.07, 6.45) is 2.41. The average Bonchev–Trinajstić information content (AvgIpc) is 2.46. The van der Waals surface area contributed by atoms with Crippen molar-refractivity contribution >= 4 is 23.5 Å². The number of ketones is 2. The zero-order chi connectivity index (χ0) is 19.0. The van der Waals surface area contributed by atoms with Crippen LogP contribution >= 0.6 is 0 Å². The highest BCUT2D eigenvalue weighted by Crippen LogP contribution is 2.42. The molecule has 0 aliphatic rings. The summed E-state index contributed by atoms with van der Waals surface area (Å²) in [4.78, 5) is 45.3. The van der Waals surface area contributed by atoms with Crippen molar-refractivity contribution in [1.29, 1.82) is 0 Å². The van der Waals surface area contributed by atoms with E-state index < -0.39 is 22.8 Å². The smallest absolute Gasteiger partial charge is 0.309 e.